The second kappa shape index (κ2) is 18.9. The highest BCUT2D eigenvalue weighted by molar-refractivity contribution is 4.58. The molecule has 0 saturated carbocycles. The van der Waals surface area contributed by atoms with Gasteiger partial charge >= 0.3 is 0 Å². The van der Waals surface area contributed by atoms with Gasteiger partial charge in [-0.25, -0.2) is 0 Å². The van der Waals surface area contributed by atoms with E-state index in [0.29, 0.717) is 0 Å². The second-order valence-electron chi connectivity index (χ2n) is 10.1. The lowest BCUT2D eigenvalue weighted by Gasteiger charge is -2.21. The number of hydrogen-bond acceptors (Lipinski definition) is 2. The van der Waals surface area contributed by atoms with Crippen LogP contribution in [0.2, 0.25) is 0 Å². The Morgan fingerprint density at radius 3 is 1.36 bits per heavy atom. The third-order valence-corrected chi connectivity index (χ3v) is 5.83. The molecule has 0 aliphatic heterocycles. The summed E-state index contributed by atoms with van der Waals surface area (Å²) in [5.41, 5.74) is 0. The Kier molecular flexibility index (Phi) is 18.9. The summed E-state index contributed by atoms with van der Waals surface area (Å²) in [7, 11) is 0. The third kappa shape index (κ3) is 19.2. The fourth-order valence-electron chi connectivity index (χ4n) is 3.61. The molecule has 0 saturated heterocycles. The number of ether oxygens (including phenoxy) is 2. The average Bonchev–Trinajstić information content (AvgIpc) is 2.60. The van der Waals surface area contributed by atoms with Crippen LogP contribution in [0.5, 0.6) is 0 Å². The Morgan fingerprint density at radius 2 is 0.964 bits per heavy atom. The molecule has 0 fully saturated rings. The van der Waals surface area contributed by atoms with E-state index in [1.54, 1.807) is 0 Å². The van der Waals surface area contributed by atoms with Crippen LogP contribution >= 0.6 is 0 Å². The average molecular weight is 399 g/mol. The molecule has 0 aromatic rings. The van der Waals surface area contributed by atoms with Crippen LogP contribution in [0.1, 0.15) is 126 Å². The Labute approximate surface area is 178 Å². The van der Waals surface area contributed by atoms with Crippen molar-refractivity contribution in [2.45, 2.75) is 132 Å². The summed E-state index contributed by atoms with van der Waals surface area (Å²) in [4.78, 5) is 0. The molecular weight excluding hydrogens is 344 g/mol. The minimum absolute atomic E-state index is 0.0114. The minimum Gasteiger partial charge on any atom is -0.353 e. The maximum Gasteiger partial charge on any atom is 0.157 e. The lowest BCUT2D eigenvalue weighted by molar-refractivity contribution is -0.150. The van der Waals surface area contributed by atoms with Crippen molar-refractivity contribution in [1.29, 1.82) is 0 Å². The number of hydrogen-bond donors (Lipinski definition) is 0. The molecular formula is C26H54O2. The monoisotopic (exact) mass is 398 g/mol. The van der Waals surface area contributed by atoms with Crippen LogP contribution in [0, 0.1) is 23.7 Å². The van der Waals surface area contributed by atoms with E-state index in [1.807, 2.05) is 0 Å². The molecule has 2 nitrogen and oxygen atoms in total. The van der Waals surface area contributed by atoms with Gasteiger partial charge in [0.15, 0.2) is 6.29 Å². The van der Waals surface area contributed by atoms with Crippen LogP contribution in [0.3, 0.4) is 0 Å². The maximum absolute atomic E-state index is 6.16. The van der Waals surface area contributed by atoms with E-state index in [4.69, 9.17) is 9.47 Å². The molecule has 0 spiro atoms. The molecule has 2 unspecified atom stereocenters. The van der Waals surface area contributed by atoms with E-state index in [-0.39, 0.29) is 6.29 Å². The van der Waals surface area contributed by atoms with Gasteiger partial charge in [-0.15, -0.1) is 0 Å². The Morgan fingerprint density at radius 1 is 0.500 bits per heavy atom. The third-order valence-electron chi connectivity index (χ3n) is 5.83. The van der Waals surface area contributed by atoms with Crippen molar-refractivity contribution < 1.29 is 9.47 Å². The molecule has 0 aromatic heterocycles. The van der Waals surface area contributed by atoms with E-state index in [9.17, 15) is 0 Å². The van der Waals surface area contributed by atoms with Crippen molar-refractivity contribution in [3.05, 3.63) is 0 Å². The van der Waals surface area contributed by atoms with Gasteiger partial charge in [0.25, 0.3) is 0 Å². The van der Waals surface area contributed by atoms with Gasteiger partial charge in [0.2, 0.25) is 0 Å². The summed E-state index contributed by atoms with van der Waals surface area (Å²) < 4.78 is 12.3. The predicted octanol–water partition coefficient (Wildman–Crippen LogP) is 8.63. The Hall–Kier alpha value is -0.0800. The van der Waals surface area contributed by atoms with Gasteiger partial charge in [-0.3, -0.25) is 0 Å². The van der Waals surface area contributed by atoms with Gasteiger partial charge in [0.1, 0.15) is 0 Å². The summed E-state index contributed by atoms with van der Waals surface area (Å²) in [6, 6.07) is 0. The summed E-state index contributed by atoms with van der Waals surface area (Å²) in [6.45, 7) is 18.0. The lowest BCUT2D eigenvalue weighted by Crippen LogP contribution is -2.20. The molecule has 170 valence electrons. The smallest absolute Gasteiger partial charge is 0.157 e. The van der Waals surface area contributed by atoms with E-state index in [0.717, 1.165) is 56.1 Å². The minimum atomic E-state index is 0.0114. The molecule has 0 radical (unpaired) electrons. The van der Waals surface area contributed by atoms with E-state index in [1.165, 1.54) is 57.8 Å². The quantitative estimate of drug-likeness (QED) is 0.151. The fraction of sp³-hybridized carbons (Fsp3) is 1.00. The molecule has 0 heterocycles. The van der Waals surface area contributed by atoms with Crippen LogP contribution < -0.4 is 0 Å². The zero-order valence-corrected chi connectivity index (χ0v) is 20.6. The molecule has 0 rings (SSSR count). The highest BCUT2D eigenvalue weighted by atomic mass is 16.7. The van der Waals surface area contributed by atoms with E-state index < -0.39 is 0 Å². The van der Waals surface area contributed by atoms with E-state index >= 15 is 0 Å². The summed E-state index contributed by atoms with van der Waals surface area (Å²) in [5, 5.41) is 0. The first-order valence-corrected chi connectivity index (χ1v) is 12.6. The van der Waals surface area contributed by atoms with Crippen molar-refractivity contribution in [1.82, 2.24) is 0 Å². The SMILES string of the molecule is CCCCCC(OCCC(C)CCCC(C)C)OCCC(C)CCCC(C)C. The lowest BCUT2D eigenvalue weighted by atomic mass is 9.97. The van der Waals surface area contributed by atoms with Crippen LogP contribution in [-0.2, 0) is 9.47 Å². The zero-order valence-electron chi connectivity index (χ0n) is 20.6. The van der Waals surface area contributed by atoms with Crippen LogP contribution in [0.15, 0.2) is 0 Å². The van der Waals surface area contributed by atoms with E-state index in [2.05, 4.69) is 48.5 Å². The van der Waals surface area contributed by atoms with Gasteiger partial charge in [0, 0.05) is 13.2 Å². The number of unbranched alkanes of at least 4 members (excludes halogenated alkanes) is 2. The standard InChI is InChI=1S/C26H54O2/c1-8-9-10-17-26(27-20-18-24(6)15-11-13-22(2)3)28-21-19-25(7)16-12-14-23(4)5/h22-26H,8-21H2,1-7H3. The Balaban J connectivity index is 4.00. The molecule has 0 aromatic carbocycles. The van der Waals surface area contributed by atoms with Crippen LogP contribution in [0.25, 0.3) is 0 Å². The molecule has 0 aliphatic carbocycles. The van der Waals surface area contributed by atoms with Gasteiger partial charge in [-0.05, 0) is 49.4 Å². The number of rotatable bonds is 20. The topological polar surface area (TPSA) is 18.5 Å². The summed E-state index contributed by atoms with van der Waals surface area (Å²) in [5.74, 6) is 3.17. The van der Waals surface area contributed by atoms with Gasteiger partial charge < -0.3 is 9.47 Å². The summed E-state index contributed by atoms with van der Waals surface area (Å²) in [6.07, 6.45) is 15.2. The fourth-order valence-corrected chi connectivity index (χ4v) is 3.61. The van der Waals surface area contributed by atoms with Crippen LogP contribution in [0.4, 0.5) is 0 Å². The maximum atomic E-state index is 6.16. The molecule has 2 atom stereocenters. The predicted molar refractivity (Wildman–Crippen MR) is 125 cm³/mol. The van der Waals surface area contributed by atoms with Gasteiger partial charge in [-0.2, -0.15) is 0 Å². The first-order valence-electron chi connectivity index (χ1n) is 12.6. The molecule has 0 N–H and O–H groups in total. The molecule has 0 bridgehead atoms. The first-order chi connectivity index (χ1) is 13.3. The van der Waals surface area contributed by atoms with Gasteiger partial charge in [-0.1, -0.05) is 99.8 Å². The second-order valence-corrected chi connectivity index (χ2v) is 10.1. The molecule has 28 heavy (non-hydrogen) atoms. The molecule has 2 heteroatoms. The first kappa shape index (κ1) is 27.9. The zero-order chi connectivity index (χ0) is 21.2. The van der Waals surface area contributed by atoms with Crippen LogP contribution in [-0.4, -0.2) is 19.5 Å². The van der Waals surface area contributed by atoms with Crippen molar-refractivity contribution >= 4 is 0 Å². The highest BCUT2D eigenvalue weighted by Crippen LogP contribution is 2.18. The molecule has 0 aliphatic rings. The van der Waals surface area contributed by atoms with Crippen molar-refractivity contribution in [3.63, 3.8) is 0 Å². The largest absolute Gasteiger partial charge is 0.353 e. The van der Waals surface area contributed by atoms with Crippen molar-refractivity contribution in [3.8, 4) is 0 Å². The molecule has 0 amide bonds. The Bertz CT molecular complexity index is 288. The van der Waals surface area contributed by atoms with Crippen molar-refractivity contribution in [2.24, 2.45) is 23.7 Å². The summed E-state index contributed by atoms with van der Waals surface area (Å²) >= 11 is 0. The normalized spacial score (nSPS) is 15.3. The highest BCUT2D eigenvalue weighted by Gasteiger charge is 2.12. The van der Waals surface area contributed by atoms with Crippen molar-refractivity contribution in [2.75, 3.05) is 13.2 Å². The van der Waals surface area contributed by atoms with Gasteiger partial charge in [0.05, 0.1) is 0 Å².